The molecule has 0 unspecified atom stereocenters. The summed E-state index contributed by atoms with van der Waals surface area (Å²) in [6.07, 6.45) is -1.86. The van der Waals surface area contributed by atoms with E-state index >= 15 is 0 Å². The van der Waals surface area contributed by atoms with Gasteiger partial charge in [-0.3, -0.25) is 30.3 Å². The molecule has 0 heterocycles. The summed E-state index contributed by atoms with van der Waals surface area (Å²) >= 11 is 16.0. The van der Waals surface area contributed by atoms with E-state index in [1.54, 1.807) is 97.1 Å². The highest BCUT2D eigenvalue weighted by atomic mass is 35.5. The van der Waals surface area contributed by atoms with E-state index in [1.165, 1.54) is 24.3 Å². The fraction of sp³-hybridized carbons (Fsp3) is 0.0930. The van der Waals surface area contributed by atoms with Crippen LogP contribution in [-0.4, -0.2) is 40.6 Å². The summed E-state index contributed by atoms with van der Waals surface area (Å²) in [4.78, 5) is 67.6. The molecule has 0 aliphatic rings. The highest BCUT2D eigenvalue weighted by molar-refractivity contribution is 6.68. The molecule has 0 spiro atoms. The van der Waals surface area contributed by atoms with Crippen LogP contribution in [0.15, 0.2) is 121 Å². The van der Waals surface area contributed by atoms with Gasteiger partial charge in [-0.2, -0.15) is 15.8 Å². The fourth-order valence-electron chi connectivity index (χ4n) is 4.51. The molecular weight excluding hydrogens is 851 g/mol. The standard InChI is InChI=1S/2C16H11ClN2O3.C11H9ClN2O3/c17-15(20)13-5-2-6-14(8-13)19-16(21)22-10-12-4-1-3-11(7-12)9-18;17-15(20)13-2-1-3-14(8-13)19-16(21)22-10-12-6-4-11(9-18)5-7-12;12-10(15)8-3-1-4-9(7-8)14-11(16)17-6-2-5-13/h2*1-8H,10H2,(H,19,21);1,3-4,7H,2,6H2,(H,14,16). The number of hydrogen-bond acceptors (Lipinski definition) is 12. The monoisotopic (exact) mass is 880 g/mol. The highest BCUT2D eigenvalue weighted by Gasteiger charge is 2.10. The number of halogens is 3. The number of carbonyl (C=O) groups is 6. The molecule has 0 fully saturated rings. The van der Waals surface area contributed by atoms with E-state index in [1.807, 2.05) is 18.2 Å². The average Bonchev–Trinajstić information content (AvgIpc) is 3.26. The maximum absolute atomic E-state index is 11.7. The second-order valence-corrected chi connectivity index (χ2v) is 12.8. The molecule has 3 N–H and O–H groups in total. The van der Waals surface area contributed by atoms with Crippen LogP contribution < -0.4 is 16.0 Å². The molecule has 0 aromatic heterocycles. The van der Waals surface area contributed by atoms with E-state index in [4.69, 9.17) is 64.8 Å². The SMILES string of the molecule is N#CCCOC(=O)Nc1cccc(C(=O)Cl)c1.N#Cc1ccc(COC(=O)Nc2cccc(C(=O)Cl)c2)cc1.N#Cc1cccc(COC(=O)Nc2cccc(C(=O)Cl)c2)c1. The number of benzene rings is 5. The van der Waals surface area contributed by atoms with E-state index < -0.39 is 34.0 Å². The van der Waals surface area contributed by atoms with E-state index in [2.05, 4.69) is 16.0 Å². The second kappa shape index (κ2) is 25.6. The van der Waals surface area contributed by atoms with Crippen LogP contribution in [0.3, 0.4) is 0 Å². The smallest absolute Gasteiger partial charge is 0.411 e. The maximum Gasteiger partial charge on any atom is 0.411 e. The summed E-state index contributed by atoms with van der Waals surface area (Å²) in [6, 6.07) is 37.9. The summed E-state index contributed by atoms with van der Waals surface area (Å²) in [7, 11) is 0. The first-order valence-corrected chi connectivity index (χ1v) is 18.5. The average molecular weight is 882 g/mol. The van der Waals surface area contributed by atoms with Gasteiger partial charge in [0.2, 0.25) is 0 Å². The van der Waals surface area contributed by atoms with E-state index in [0.717, 1.165) is 5.56 Å². The van der Waals surface area contributed by atoms with Crippen LogP contribution in [0.5, 0.6) is 0 Å². The number of anilines is 3. The first-order valence-electron chi connectivity index (χ1n) is 17.4. The van der Waals surface area contributed by atoms with Crippen molar-refractivity contribution in [1.82, 2.24) is 0 Å². The molecule has 0 saturated carbocycles. The Kier molecular flexibility index (Phi) is 20.0. The largest absolute Gasteiger partial charge is 0.448 e. The summed E-state index contributed by atoms with van der Waals surface area (Å²) in [5, 5.41) is 31.3. The quantitative estimate of drug-likeness (QED) is 0.0603. The van der Waals surface area contributed by atoms with Gasteiger partial charge in [-0.25, -0.2) is 14.4 Å². The van der Waals surface area contributed by atoms with Gasteiger partial charge < -0.3 is 14.2 Å². The number of nitriles is 3. The van der Waals surface area contributed by atoms with Gasteiger partial charge in [0.25, 0.3) is 15.7 Å². The lowest BCUT2D eigenvalue weighted by Gasteiger charge is -2.08. The molecule has 0 atom stereocenters. The lowest BCUT2D eigenvalue weighted by atomic mass is 10.1. The van der Waals surface area contributed by atoms with Crippen molar-refractivity contribution >= 4 is 85.9 Å². The molecule has 0 aliphatic carbocycles. The van der Waals surface area contributed by atoms with Gasteiger partial charge in [0.15, 0.2) is 0 Å². The van der Waals surface area contributed by atoms with Gasteiger partial charge in [0.1, 0.15) is 19.8 Å². The van der Waals surface area contributed by atoms with E-state index in [-0.39, 0.29) is 42.9 Å². The minimum atomic E-state index is -0.681. The molecule has 308 valence electrons. The Bertz CT molecular complexity index is 2500. The Hall–Kier alpha value is -7.74. The molecule has 0 aliphatic heterocycles. The summed E-state index contributed by atoms with van der Waals surface area (Å²) < 4.78 is 14.8. The van der Waals surface area contributed by atoms with Crippen LogP contribution in [-0.2, 0) is 27.4 Å². The zero-order valence-corrected chi connectivity index (χ0v) is 33.8. The van der Waals surface area contributed by atoms with Crippen molar-refractivity contribution in [3.05, 3.63) is 160 Å². The van der Waals surface area contributed by atoms with Gasteiger partial charge in [-0.05, 0) is 125 Å². The van der Waals surface area contributed by atoms with Crippen LogP contribution in [0, 0.1) is 34.0 Å². The second-order valence-electron chi connectivity index (χ2n) is 11.8. The molecule has 0 radical (unpaired) electrons. The lowest BCUT2D eigenvalue weighted by molar-refractivity contribution is 0.107. The van der Waals surface area contributed by atoms with E-state index in [9.17, 15) is 28.8 Å². The van der Waals surface area contributed by atoms with Crippen molar-refractivity contribution < 1.29 is 43.0 Å². The van der Waals surface area contributed by atoms with Gasteiger partial charge in [0.05, 0.1) is 35.8 Å². The van der Waals surface area contributed by atoms with Crippen LogP contribution in [0.1, 0.15) is 59.7 Å². The minimum absolute atomic E-state index is 0.0243. The number of carbonyl (C=O) groups excluding carboxylic acids is 6. The molecule has 0 bridgehead atoms. The van der Waals surface area contributed by atoms with Crippen molar-refractivity contribution in [3.63, 3.8) is 0 Å². The zero-order valence-electron chi connectivity index (χ0n) is 31.5. The summed E-state index contributed by atoms with van der Waals surface area (Å²) in [5.74, 6) is 0. The Labute approximate surface area is 363 Å². The molecule has 5 aromatic carbocycles. The third-order valence-corrected chi connectivity index (χ3v) is 7.99. The topological polar surface area (TPSA) is 238 Å². The molecule has 3 amide bonds. The van der Waals surface area contributed by atoms with Crippen molar-refractivity contribution in [2.75, 3.05) is 22.6 Å². The molecule has 0 saturated heterocycles. The van der Waals surface area contributed by atoms with Crippen molar-refractivity contribution in [2.24, 2.45) is 0 Å². The number of rotatable bonds is 12. The van der Waals surface area contributed by atoms with Gasteiger partial charge >= 0.3 is 18.3 Å². The number of ether oxygens (including phenoxy) is 3. The molecule has 5 aromatic rings. The third-order valence-electron chi connectivity index (χ3n) is 7.33. The van der Waals surface area contributed by atoms with Gasteiger partial charge in [0, 0.05) is 33.8 Å². The van der Waals surface area contributed by atoms with Crippen molar-refractivity contribution in [3.8, 4) is 18.2 Å². The summed E-state index contributed by atoms with van der Waals surface area (Å²) in [6.45, 7) is 0.137. The molecule has 5 rings (SSSR count). The van der Waals surface area contributed by atoms with Crippen LogP contribution in [0.25, 0.3) is 0 Å². The Morgan fingerprint density at radius 1 is 0.475 bits per heavy atom. The van der Waals surface area contributed by atoms with E-state index in [0.29, 0.717) is 33.8 Å². The van der Waals surface area contributed by atoms with Crippen LogP contribution in [0.4, 0.5) is 31.4 Å². The Balaban J connectivity index is 0.000000247. The molecule has 18 heteroatoms. The Morgan fingerprint density at radius 2 is 0.885 bits per heavy atom. The highest BCUT2D eigenvalue weighted by Crippen LogP contribution is 2.16. The number of nitrogens with one attached hydrogen (secondary N) is 3. The normalized spacial score (nSPS) is 9.51. The number of nitrogens with zero attached hydrogens (tertiary/aromatic N) is 3. The predicted molar refractivity (Wildman–Crippen MR) is 225 cm³/mol. The first kappa shape index (κ1) is 47.6. The third kappa shape index (κ3) is 18.2. The van der Waals surface area contributed by atoms with Crippen LogP contribution in [0.2, 0.25) is 0 Å². The first-order chi connectivity index (χ1) is 29.3. The van der Waals surface area contributed by atoms with Crippen LogP contribution >= 0.6 is 34.8 Å². The molecule has 15 nitrogen and oxygen atoms in total. The van der Waals surface area contributed by atoms with Crippen molar-refractivity contribution in [2.45, 2.75) is 19.6 Å². The fourth-order valence-corrected chi connectivity index (χ4v) is 4.87. The predicted octanol–water partition coefficient (Wildman–Crippen LogP) is 9.90. The summed E-state index contributed by atoms with van der Waals surface area (Å²) in [5.41, 5.74) is 4.56. The van der Waals surface area contributed by atoms with Crippen molar-refractivity contribution in [1.29, 1.82) is 15.8 Å². The van der Waals surface area contributed by atoms with Gasteiger partial charge in [-0.15, -0.1) is 0 Å². The zero-order chi connectivity index (χ0) is 44.6. The maximum atomic E-state index is 11.7. The Morgan fingerprint density at radius 3 is 1.30 bits per heavy atom. The van der Waals surface area contributed by atoms with Gasteiger partial charge in [-0.1, -0.05) is 42.5 Å². The molecule has 61 heavy (non-hydrogen) atoms. The number of hydrogen-bond donors (Lipinski definition) is 3. The number of amides is 3. The lowest BCUT2D eigenvalue weighted by Crippen LogP contribution is -2.14. The minimum Gasteiger partial charge on any atom is -0.448 e. The molecular formula is C43H31Cl3N6O9.